The molecule has 146 valence electrons. The minimum atomic E-state index is -0.491. The number of nitrogens with one attached hydrogen (secondary N) is 1. The van der Waals surface area contributed by atoms with Gasteiger partial charge in [-0.2, -0.15) is 0 Å². The van der Waals surface area contributed by atoms with Crippen molar-refractivity contribution < 1.29 is 9.53 Å². The lowest BCUT2D eigenvalue weighted by Gasteiger charge is -2.17. The molecular weight excluding hydrogens is 350 g/mol. The van der Waals surface area contributed by atoms with Gasteiger partial charge in [-0.3, -0.25) is 4.79 Å². The number of hydrogen-bond donors (Lipinski definition) is 2. The summed E-state index contributed by atoms with van der Waals surface area (Å²) >= 11 is 0. The van der Waals surface area contributed by atoms with Crippen molar-refractivity contribution in [1.29, 1.82) is 0 Å². The summed E-state index contributed by atoms with van der Waals surface area (Å²) in [6, 6.07) is 9.97. The first-order valence-electron chi connectivity index (χ1n) is 10.2. The van der Waals surface area contributed by atoms with Crippen molar-refractivity contribution in [3.8, 4) is 11.6 Å². The fourth-order valence-corrected chi connectivity index (χ4v) is 4.12. The largest absolute Gasteiger partial charge is 0.439 e. The molecule has 0 radical (unpaired) electrons. The molecule has 0 bridgehead atoms. The van der Waals surface area contributed by atoms with Gasteiger partial charge in [0.1, 0.15) is 5.75 Å². The number of fused-ring (bicyclic) bond motifs is 1. The maximum absolute atomic E-state index is 11.1. The van der Waals surface area contributed by atoms with Crippen LogP contribution < -0.4 is 15.8 Å². The molecule has 0 aliphatic heterocycles. The van der Waals surface area contributed by atoms with Gasteiger partial charge in [0.05, 0.1) is 5.56 Å². The molecule has 28 heavy (non-hydrogen) atoms. The maximum Gasteiger partial charge on any atom is 0.250 e. The first-order chi connectivity index (χ1) is 13.7. The molecule has 0 spiro atoms. The van der Waals surface area contributed by atoms with Crippen molar-refractivity contribution in [1.82, 2.24) is 10.3 Å². The highest BCUT2D eigenvalue weighted by molar-refractivity contribution is 5.92. The van der Waals surface area contributed by atoms with Crippen LogP contribution >= 0.6 is 0 Å². The second kappa shape index (κ2) is 8.57. The van der Waals surface area contributed by atoms with Gasteiger partial charge >= 0.3 is 0 Å². The number of nitrogens with two attached hydrogens (primary N) is 1. The predicted molar refractivity (Wildman–Crippen MR) is 110 cm³/mol. The van der Waals surface area contributed by atoms with E-state index in [0.29, 0.717) is 17.5 Å². The van der Waals surface area contributed by atoms with E-state index >= 15 is 0 Å². The van der Waals surface area contributed by atoms with Crippen molar-refractivity contribution in [2.45, 2.75) is 51.0 Å². The van der Waals surface area contributed by atoms with Crippen LogP contribution in [0.2, 0.25) is 0 Å². The lowest BCUT2D eigenvalue weighted by molar-refractivity contribution is 0.1000. The summed E-state index contributed by atoms with van der Waals surface area (Å²) in [6.45, 7) is 1.05. The van der Waals surface area contributed by atoms with Gasteiger partial charge < -0.3 is 15.8 Å². The molecule has 0 saturated carbocycles. The first-order valence-corrected chi connectivity index (χ1v) is 10.2. The number of rotatable bonds is 7. The van der Waals surface area contributed by atoms with E-state index in [1.165, 1.54) is 49.4 Å². The molecule has 1 atom stereocenters. The topological polar surface area (TPSA) is 77.2 Å². The van der Waals surface area contributed by atoms with Gasteiger partial charge in [-0.15, -0.1) is 0 Å². The minimum Gasteiger partial charge on any atom is -0.439 e. The van der Waals surface area contributed by atoms with Gasteiger partial charge in [0.15, 0.2) is 0 Å². The Balaban J connectivity index is 1.35. The Hall–Kier alpha value is -2.66. The maximum atomic E-state index is 11.1. The number of benzene rings is 1. The van der Waals surface area contributed by atoms with E-state index in [9.17, 15) is 4.79 Å². The van der Waals surface area contributed by atoms with E-state index in [1.54, 1.807) is 17.7 Å². The molecule has 2 aromatic rings. The molecule has 2 aliphatic carbocycles. The number of pyridine rings is 1. The highest BCUT2D eigenvalue weighted by atomic mass is 16.5. The lowest BCUT2D eigenvalue weighted by atomic mass is 9.97. The lowest BCUT2D eigenvalue weighted by Crippen LogP contribution is -2.21. The molecule has 4 rings (SSSR count). The number of aromatic nitrogens is 1. The molecule has 2 aliphatic rings. The fraction of sp³-hybridized carbons (Fsp3) is 0.391. The molecule has 1 unspecified atom stereocenters. The predicted octanol–water partition coefficient (Wildman–Crippen LogP) is 4.44. The summed E-state index contributed by atoms with van der Waals surface area (Å²) in [7, 11) is 0. The number of ether oxygens (including phenoxy) is 1. The van der Waals surface area contributed by atoms with Crippen molar-refractivity contribution in [3.63, 3.8) is 0 Å². The summed E-state index contributed by atoms with van der Waals surface area (Å²) in [5, 5.41) is 3.73. The molecule has 1 aromatic heterocycles. The van der Waals surface area contributed by atoms with Crippen molar-refractivity contribution >= 4 is 5.91 Å². The number of carbonyl (C=O) groups is 1. The SMILES string of the molecule is NC(=O)c1ccc(Oc2ccc3c(c2)CCC3NCCC2=CCCCC2)nc1. The van der Waals surface area contributed by atoms with Gasteiger partial charge in [0.2, 0.25) is 11.8 Å². The molecule has 1 aromatic carbocycles. The minimum absolute atomic E-state index is 0.374. The zero-order valence-corrected chi connectivity index (χ0v) is 16.1. The van der Waals surface area contributed by atoms with Crippen LogP contribution in [-0.4, -0.2) is 17.4 Å². The second-order valence-corrected chi connectivity index (χ2v) is 7.62. The fourth-order valence-electron chi connectivity index (χ4n) is 4.12. The molecular formula is C23H27N3O2. The van der Waals surface area contributed by atoms with Crippen LogP contribution in [0.15, 0.2) is 48.2 Å². The van der Waals surface area contributed by atoms with E-state index in [1.807, 2.05) is 6.07 Å². The Labute approximate surface area is 166 Å². The van der Waals surface area contributed by atoms with E-state index in [2.05, 4.69) is 28.5 Å². The summed E-state index contributed by atoms with van der Waals surface area (Å²) in [6.07, 6.45) is 12.4. The van der Waals surface area contributed by atoms with Crippen molar-refractivity contribution in [2.24, 2.45) is 5.73 Å². The first kappa shape index (κ1) is 18.7. The van der Waals surface area contributed by atoms with Gasteiger partial charge in [0, 0.05) is 18.3 Å². The van der Waals surface area contributed by atoms with Crippen LogP contribution in [0.25, 0.3) is 0 Å². The molecule has 1 heterocycles. The number of carbonyl (C=O) groups excluding carboxylic acids is 1. The van der Waals surface area contributed by atoms with Gasteiger partial charge in [-0.25, -0.2) is 4.98 Å². The Morgan fingerprint density at radius 1 is 1.21 bits per heavy atom. The van der Waals surface area contributed by atoms with Gasteiger partial charge in [-0.1, -0.05) is 17.7 Å². The Morgan fingerprint density at radius 3 is 2.89 bits per heavy atom. The van der Waals surface area contributed by atoms with Crippen molar-refractivity contribution in [3.05, 3.63) is 64.9 Å². The molecule has 0 fully saturated rings. The number of amides is 1. The van der Waals surface area contributed by atoms with Crippen LogP contribution in [0.1, 0.15) is 66.1 Å². The molecule has 3 N–H and O–H groups in total. The number of primary amides is 1. The van der Waals surface area contributed by atoms with Gasteiger partial charge in [0.25, 0.3) is 0 Å². The van der Waals surface area contributed by atoms with E-state index in [4.69, 9.17) is 10.5 Å². The summed E-state index contributed by atoms with van der Waals surface area (Å²) in [5.41, 5.74) is 9.95. The standard InChI is InChI=1S/C23H27N3O2/c24-23(27)18-7-11-22(26-15-18)28-19-8-9-20-17(14-19)6-10-21(20)25-13-12-16-4-2-1-3-5-16/h4,7-9,11,14-15,21,25H,1-3,5-6,10,12-13H2,(H2,24,27). The Morgan fingerprint density at radius 2 is 2.14 bits per heavy atom. The number of allylic oxidation sites excluding steroid dienone is 1. The number of aryl methyl sites for hydroxylation is 1. The zero-order chi connectivity index (χ0) is 19.3. The Kier molecular flexibility index (Phi) is 5.72. The third-order valence-electron chi connectivity index (χ3n) is 5.66. The number of nitrogens with zero attached hydrogens (tertiary/aromatic N) is 1. The quantitative estimate of drug-likeness (QED) is 0.699. The third-order valence-corrected chi connectivity index (χ3v) is 5.66. The van der Waals surface area contributed by atoms with Crippen LogP contribution in [0.5, 0.6) is 11.6 Å². The molecule has 0 saturated heterocycles. The van der Waals surface area contributed by atoms with E-state index in [-0.39, 0.29) is 0 Å². The smallest absolute Gasteiger partial charge is 0.250 e. The summed E-state index contributed by atoms with van der Waals surface area (Å²) < 4.78 is 5.84. The average molecular weight is 377 g/mol. The molecule has 5 heteroatoms. The van der Waals surface area contributed by atoms with Crippen LogP contribution in [0.4, 0.5) is 0 Å². The summed E-state index contributed by atoms with van der Waals surface area (Å²) in [4.78, 5) is 15.3. The third kappa shape index (κ3) is 4.42. The highest BCUT2D eigenvalue weighted by Crippen LogP contribution is 2.34. The van der Waals surface area contributed by atoms with E-state index < -0.39 is 5.91 Å². The monoisotopic (exact) mass is 377 g/mol. The Bertz CT molecular complexity index is 874. The second-order valence-electron chi connectivity index (χ2n) is 7.62. The van der Waals surface area contributed by atoms with E-state index in [0.717, 1.165) is 25.1 Å². The van der Waals surface area contributed by atoms with Crippen LogP contribution in [0.3, 0.4) is 0 Å². The average Bonchev–Trinajstić information content (AvgIpc) is 3.11. The summed E-state index contributed by atoms with van der Waals surface area (Å²) in [5.74, 6) is 0.736. The van der Waals surface area contributed by atoms with Crippen LogP contribution in [0, 0.1) is 0 Å². The highest BCUT2D eigenvalue weighted by Gasteiger charge is 2.22. The molecule has 5 nitrogen and oxygen atoms in total. The normalized spacial score (nSPS) is 18.4. The van der Waals surface area contributed by atoms with Gasteiger partial charge in [-0.05, 0) is 80.8 Å². The number of hydrogen-bond acceptors (Lipinski definition) is 4. The van der Waals surface area contributed by atoms with Crippen molar-refractivity contribution in [2.75, 3.05) is 6.54 Å². The molecule has 1 amide bonds. The van der Waals surface area contributed by atoms with Crippen LogP contribution in [-0.2, 0) is 6.42 Å². The zero-order valence-electron chi connectivity index (χ0n) is 16.1.